The summed E-state index contributed by atoms with van der Waals surface area (Å²) < 4.78 is 0. The van der Waals surface area contributed by atoms with E-state index in [1.54, 1.807) is 6.20 Å². The standard InChI is InChI=1S/C12H20N4O/c1-3-10(8-12(13)16-17)15-9(2)11-6-4-5-7-14-11/h4-7,9-10,15,17H,3,8H2,1-2H3,(H2,13,16). The summed E-state index contributed by atoms with van der Waals surface area (Å²) in [4.78, 5) is 4.29. The maximum absolute atomic E-state index is 8.55. The van der Waals surface area contributed by atoms with Crippen LogP contribution in [0.1, 0.15) is 38.4 Å². The van der Waals surface area contributed by atoms with Gasteiger partial charge in [-0.1, -0.05) is 18.1 Å². The second-order valence-electron chi connectivity index (χ2n) is 4.04. The maximum atomic E-state index is 8.55. The van der Waals surface area contributed by atoms with Crippen LogP contribution in [-0.2, 0) is 0 Å². The molecule has 1 heterocycles. The van der Waals surface area contributed by atoms with Gasteiger partial charge in [-0.2, -0.15) is 0 Å². The van der Waals surface area contributed by atoms with Crippen molar-refractivity contribution in [2.24, 2.45) is 10.9 Å². The Bertz CT molecular complexity index is 353. The van der Waals surface area contributed by atoms with Crippen LogP contribution in [0, 0.1) is 0 Å². The van der Waals surface area contributed by atoms with Gasteiger partial charge in [-0.3, -0.25) is 4.98 Å². The molecule has 0 fully saturated rings. The van der Waals surface area contributed by atoms with E-state index in [1.807, 2.05) is 18.2 Å². The van der Waals surface area contributed by atoms with Gasteiger partial charge in [0, 0.05) is 24.7 Å². The number of hydrogen-bond donors (Lipinski definition) is 3. The summed E-state index contributed by atoms with van der Waals surface area (Å²) in [6.45, 7) is 4.12. The number of nitrogens with one attached hydrogen (secondary N) is 1. The first-order chi connectivity index (χ1) is 8.17. The Morgan fingerprint density at radius 3 is 2.88 bits per heavy atom. The number of aromatic nitrogens is 1. The second kappa shape index (κ2) is 6.85. The average molecular weight is 236 g/mol. The molecule has 1 aromatic heterocycles. The van der Waals surface area contributed by atoms with Gasteiger partial charge in [0.2, 0.25) is 0 Å². The summed E-state index contributed by atoms with van der Waals surface area (Å²) in [5, 5.41) is 15.0. The number of nitrogens with zero attached hydrogens (tertiary/aromatic N) is 2. The molecule has 1 rings (SSSR count). The molecule has 4 N–H and O–H groups in total. The van der Waals surface area contributed by atoms with Crippen molar-refractivity contribution in [3.05, 3.63) is 30.1 Å². The lowest BCUT2D eigenvalue weighted by atomic mass is 10.1. The maximum Gasteiger partial charge on any atom is 0.140 e. The molecule has 0 saturated heterocycles. The Morgan fingerprint density at radius 1 is 1.59 bits per heavy atom. The fourth-order valence-corrected chi connectivity index (χ4v) is 1.69. The third kappa shape index (κ3) is 4.40. The fraction of sp³-hybridized carbons (Fsp3) is 0.500. The van der Waals surface area contributed by atoms with Gasteiger partial charge in [-0.05, 0) is 25.5 Å². The van der Waals surface area contributed by atoms with Crippen molar-refractivity contribution in [2.75, 3.05) is 0 Å². The molecular formula is C12H20N4O. The number of oxime groups is 1. The Morgan fingerprint density at radius 2 is 2.35 bits per heavy atom. The molecule has 1 aromatic rings. The van der Waals surface area contributed by atoms with E-state index in [-0.39, 0.29) is 17.9 Å². The Labute approximate surface area is 102 Å². The van der Waals surface area contributed by atoms with Crippen LogP contribution in [-0.4, -0.2) is 22.1 Å². The fourth-order valence-electron chi connectivity index (χ4n) is 1.69. The molecule has 2 unspecified atom stereocenters. The highest BCUT2D eigenvalue weighted by Crippen LogP contribution is 2.11. The average Bonchev–Trinajstić information content (AvgIpc) is 2.38. The zero-order chi connectivity index (χ0) is 12.7. The van der Waals surface area contributed by atoms with Crippen molar-refractivity contribution < 1.29 is 5.21 Å². The van der Waals surface area contributed by atoms with Gasteiger partial charge in [0.1, 0.15) is 5.84 Å². The Balaban J connectivity index is 2.57. The zero-order valence-corrected chi connectivity index (χ0v) is 10.3. The molecule has 2 atom stereocenters. The van der Waals surface area contributed by atoms with Crippen LogP contribution in [0.2, 0.25) is 0 Å². The largest absolute Gasteiger partial charge is 0.409 e. The van der Waals surface area contributed by atoms with E-state index in [2.05, 4.69) is 29.3 Å². The summed E-state index contributed by atoms with van der Waals surface area (Å²) in [6.07, 6.45) is 3.22. The summed E-state index contributed by atoms with van der Waals surface area (Å²) in [6, 6.07) is 6.17. The number of amidine groups is 1. The lowest BCUT2D eigenvalue weighted by Crippen LogP contribution is -2.35. The lowest BCUT2D eigenvalue weighted by molar-refractivity contribution is 0.314. The van der Waals surface area contributed by atoms with Gasteiger partial charge in [-0.15, -0.1) is 0 Å². The summed E-state index contributed by atoms with van der Waals surface area (Å²) in [7, 11) is 0. The van der Waals surface area contributed by atoms with Gasteiger partial charge in [-0.25, -0.2) is 0 Å². The van der Waals surface area contributed by atoms with Crippen LogP contribution < -0.4 is 11.1 Å². The van der Waals surface area contributed by atoms with Crippen molar-refractivity contribution in [1.29, 1.82) is 0 Å². The van der Waals surface area contributed by atoms with Gasteiger partial charge in [0.25, 0.3) is 0 Å². The van der Waals surface area contributed by atoms with E-state index in [0.29, 0.717) is 6.42 Å². The highest BCUT2D eigenvalue weighted by atomic mass is 16.4. The van der Waals surface area contributed by atoms with Gasteiger partial charge >= 0.3 is 0 Å². The minimum Gasteiger partial charge on any atom is -0.409 e. The highest BCUT2D eigenvalue weighted by molar-refractivity contribution is 5.80. The summed E-state index contributed by atoms with van der Waals surface area (Å²) in [5.74, 6) is 0.248. The first kappa shape index (κ1) is 13.4. The van der Waals surface area contributed by atoms with Crippen LogP contribution in [0.15, 0.2) is 29.6 Å². The molecule has 0 aliphatic heterocycles. The molecule has 0 aliphatic rings. The van der Waals surface area contributed by atoms with Crippen LogP contribution in [0.4, 0.5) is 0 Å². The predicted molar refractivity (Wildman–Crippen MR) is 67.9 cm³/mol. The zero-order valence-electron chi connectivity index (χ0n) is 10.3. The molecule has 0 aromatic carbocycles. The summed E-state index contributed by atoms with van der Waals surface area (Å²) >= 11 is 0. The van der Waals surface area contributed by atoms with E-state index in [4.69, 9.17) is 10.9 Å². The SMILES string of the molecule is CCC(CC(N)=NO)NC(C)c1ccccn1. The molecule has 0 aliphatic carbocycles. The van der Waals surface area contributed by atoms with E-state index in [9.17, 15) is 0 Å². The van der Waals surface area contributed by atoms with E-state index in [1.165, 1.54) is 0 Å². The predicted octanol–water partition coefficient (Wildman–Crippen LogP) is 1.65. The Hall–Kier alpha value is -1.62. The van der Waals surface area contributed by atoms with Crippen molar-refractivity contribution in [2.45, 2.75) is 38.8 Å². The molecule has 5 nitrogen and oxygen atoms in total. The van der Waals surface area contributed by atoms with E-state index in [0.717, 1.165) is 12.1 Å². The molecule has 17 heavy (non-hydrogen) atoms. The van der Waals surface area contributed by atoms with Gasteiger partial charge < -0.3 is 16.3 Å². The molecule has 0 spiro atoms. The second-order valence-corrected chi connectivity index (χ2v) is 4.04. The lowest BCUT2D eigenvalue weighted by Gasteiger charge is -2.21. The van der Waals surface area contributed by atoms with Crippen molar-refractivity contribution in [3.8, 4) is 0 Å². The number of rotatable bonds is 6. The molecule has 0 saturated carbocycles. The summed E-state index contributed by atoms with van der Waals surface area (Å²) in [5.41, 5.74) is 6.50. The third-order valence-corrected chi connectivity index (χ3v) is 2.69. The molecule has 0 radical (unpaired) electrons. The molecule has 0 amide bonds. The number of hydrogen-bond acceptors (Lipinski definition) is 4. The Kier molecular flexibility index (Phi) is 5.42. The third-order valence-electron chi connectivity index (χ3n) is 2.69. The minimum atomic E-state index is 0.146. The minimum absolute atomic E-state index is 0.146. The molecule has 0 bridgehead atoms. The molecule has 94 valence electrons. The van der Waals surface area contributed by atoms with E-state index < -0.39 is 0 Å². The highest BCUT2D eigenvalue weighted by Gasteiger charge is 2.13. The van der Waals surface area contributed by atoms with Crippen LogP contribution >= 0.6 is 0 Å². The van der Waals surface area contributed by atoms with Crippen molar-refractivity contribution >= 4 is 5.84 Å². The van der Waals surface area contributed by atoms with Crippen LogP contribution in [0.25, 0.3) is 0 Å². The smallest absolute Gasteiger partial charge is 0.140 e. The van der Waals surface area contributed by atoms with Crippen LogP contribution in [0.3, 0.4) is 0 Å². The van der Waals surface area contributed by atoms with Crippen molar-refractivity contribution in [1.82, 2.24) is 10.3 Å². The van der Waals surface area contributed by atoms with Crippen molar-refractivity contribution in [3.63, 3.8) is 0 Å². The van der Waals surface area contributed by atoms with Gasteiger partial charge in [0.15, 0.2) is 0 Å². The normalized spacial score (nSPS) is 15.5. The van der Waals surface area contributed by atoms with E-state index >= 15 is 0 Å². The monoisotopic (exact) mass is 236 g/mol. The topological polar surface area (TPSA) is 83.5 Å². The molecular weight excluding hydrogens is 216 g/mol. The number of pyridine rings is 1. The number of nitrogens with two attached hydrogens (primary N) is 1. The van der Waals surface area contributed by atoms with Crippen LogP contribution in [0.5, 0.6) is 0 Å². The van der Waals surface area contributed by atoms with Gasteiger partial charge in [0.05, 0.1) is 5.69 Å². The quantitative estimate of drug-likeness (QED) is 0.303. The molecule has 5 heteroatoms. The first-order valence-corrected chi connectivity index (χ1v) is 5.80. The first-order valence-electron chi connectivity index (χ1n) is 5.80.